The van der Waals surface area contributed by atoms with Crippen molar-refractivity contribution in [2.24, 2.45) is 0 Å². The highest BCUT2D eigenvalue weighted by molar-refractivity contribution is 9.72. The Hall–Kier alpha value is 0.877. The van der Waals surface area contributed by atoms with Gasteiger partial charge in [0.05, 0.1) is 0 Å². The maximum atomic E-state index is 3.65. The van der Waals surface area contributed by atoms with Crippen molar-refractivity contribution in [3.8, 4) is 0 Å². The van der Waals surface area contributed by atoms with Crippen LogP contribution in [0.3, 0.4) is 0 Å². The third-order valence-electron chi connectivity index (χ3n) is 1.70. The Morgan fingerprint density at radius 1 is 1.17 bits per heavy atom. The molecular formula is C8H9Br3Si. The van der Waals surface area contributed by atoms with E-state index >= 15 is 0 Å². The maximum Gasteiger partial charge on any atom is 0.297 e. The Morgan fingerprint density at radius 2 is 1.75 bits per heavy atom. The molecule has 0 aliphatic heterocycles. The van der Waals surface area contributed by atoms with Gasteiger partial charge in [0.1, 0.15) is 0 Å². The van der Waals surface area contributed by atoms with Gasteiger partial charge in [0.25, 0.3) is 3.93 Å². The van der Waals surface area contributed by atoms with E-state index in [4.69, 9.17) is 0 Å². The van der Waals surface area contributed by atoms with E-state index in [9.17, 15) is 0 Å². The van der Waals surface area contributed by atoms with Crippen LogP contribution in [-0.4, -0.2) is 3.93 Å². The molecule has 1 aromatic rings. The highest BCUT2D eigenvalue weighted by Gasteiger charge is 2.26. The number of rotatable bonds is 2. The fraction of sp³-hybridized carbons (Fsp3) is 0.250. The second-order valence-electron chi connectivity index (χ2n) is 2.51. The summed E-state index contributed by atoms with van der Waals surface area (Å²) >= 11 is 11.0. The molecule has 0 atom stereocenters. The van der Waals surface area contributed by atoms with Crippen molar-refractivity contribution in [2.45, 2.75) is 13.3 Å². The Labute approximate surface area is 97.5 Å². The molecule has 66 valence electrons. The summed E-state index contributed by atoms with van der Waals surface area (Å²) in [5.41, 5.74) is 1.40. The standard InChI is InChI=1S/C8H9Br3Si/c1-2-7-5-3-4-6-8(7)12(9,10)11/h3-6H,2H2,1H3. The Bertz CT molecular complexity index is 267. The second-order valence-corrected chi connectivity index (χ2v) is 24.3. The van der Waals surface area contributed by atoms with Gasteiger partial charge in [-0.2, -0.15) is 0 Å². The molecule has 0 unspecified atom stereocenters. The van der Waals surface area contributed by atoms with E-state index in [0.717, 1.165) is 6.42 Å². The number of hydrogen-bond donors (Lipinski definition) is 0. The van der Waals surface area contributed by atoms with Gasteiger partial charge in [-0.1, -0.05) is 77.1 Å². The van der Waals surface area contributed by atoms with Crippen molar-refractivity contribution >= 4 is 55.0 Å². The van der Waals surface area contributed by atoms with Crippen LogP contribution in [-0.2, 0) is 6.42 Å². The van der Waals surface area contributed by atoms with Crippen LogP contribution < -0.4 is 5.19 Å². The number of halogens is 3. The largest absolute Gasteiger partial charge is 0.297 e. The predicted octanol–water partition coefficient (Wildman–Crippen LogP) is 3.58. The Balaban J connectivity index is 3.14. The summed E-state index contributed by atoms with van der Waals surface area (Å²) in [5.74, 6) is 0. The summed E-state index contributed by atoms with van der Waals surface area (Å²) in [6, 6.07) is 8.47. The van der Waals surface area contributed by atoms with Crippen LogP contribution in [0, 0.1) is 0 Å². The van der Waals surface area contributed by atoms with Gasteiger partial charge in [0.15, 0.2) is 0 Å². The van der Waals surface area contributed by atoms with Gasteiger partial charge in [-0.15, -0.1) is 0 Å². The third kappa shape index (κ3) is 2.69. The molecule has 0 spiro atoms. The molecule has 12 heavy (non-hydrogen) atoms. The zero-order chi connectivity index (χ0) is 9.19. The zero-order valence-corrected chi connectivity index (χ0v) is 12.4. The van der Waals surface area contributed by atoms with Crippen LogP contribution >= 0.6 is 45.9 Å². The fourth-order valence-electron chi connectivity index (χ4n) is 1.11. The van der Waals surface area contributed by atoms with Crippen molar-refractivity contribution < 1.29 is 0 Å². The lowest BCUT2D eigenvalue weighted by molar-refractivity contribution is 1.15. The van der Waals surface area contributed by atoms with Gasteiger partial charge in [-0.05, 0) is 17.2 Å². The van der Waals surface area contributed by atoms with Crippen LogP contribution in [0.4, 0.5) is 0 Å². The van der Waals surface area contributed by atoms with Crippen molar-refractivity contribution in [3.63, 3.8) is 0 Å². The second kappa shape index (κ2) is 4.40. The van der Waals surface area contributed by atoms with Gasteiger partial charge in [0, 0.05) is 0 Å². The molecule has 1 rings (SSSR count). The smallest absolute Gasteiger partial charge is 0.0910 e. The fourth-order valence-corrected chi connectivity index (χ4v) is 5.50. The van der Waals surface area contributed by atoms with E-state index in [2.05, 4.69) is 77.1 Å². The maximum absolute atomic E-state index is 3.65. The number of hydrogen-bond acceptors (Lipinski definition) is 0. The predicted molar refractivity (Wildman–Crippen MR) is 68.0 cm³/mol. The zero-order valence-electron chi connectivity index (χ0n) is 6.65. The van der Waals surface area contributed by atoms with Crippen LogP contribution in [0.1, 0.15) is 12.5 Å². The molecule has 0 bridgehead atoms. The molecule has 4 heteroatoms. The van der Waals surface area contributed by atoms with E-state index < -0.39 is 3.93 Å². The first kappa shape index (κ1) is 11.0. The topological polar surface area (TPSA) is 0 Å². The molecule has 0 saturated heterocycles. The number of benzene rings is 1. The first-order chi connectivity index (χ1) is 5.55. The highest BCUT2D eigenvalue weighted by atomic mass is 80.0. The van der Waals surface area contributed by atoms with Crippen molar-refractivity contribution in [3.05, 3.63) is 29.8 Å². The van der Waals surface area contributed by atoms with E-state index in [1.54, 1.807) is 0 Å². The van der Waals surface area contributed by atoms with Gasteiger partial charge >= 0.3 is 0 Å². The third-order valence-corrected chi connectivity index (χ3v) is 6.65. The molecule has 0 fully saturated rings. The minimum absolute atomic E-state index is 1.08. The summed E-state index contributed by atoms with van der Waals surface area (Å²) in [5, 5.41) is 1.37. The summed E-state index contributed by atoms with van der Waals surface area (Å²) in [4.78, 5) is 0. The lowest BCUT2D eigenvalue weighted by Crippen LogP contribution is -2.31. The molecule has 1 aromatic carbocycles. The average Bonchev–Trinajstić information content (AvgIpc) is 2.03. The van der Waals surface area contributed by atoms with Gasteiger partial charge < -0.3 is 0 Å². The molecule has 0 aromatic heterocycles. The van der Waals surface area contributed by atoms with Crippen molar-refractivity contribution in [1.82, 2.24) is 0 Å². The van der Waals surface area contributed by atoms with E-state index in [1.165, 1.54) is 10.8 Å². The number of aryl methyl sites for hydroxylation is 1. The quantitative estimate of drug-likeness (QED) is 0.550. The Morgan fingerprint density at radius 3 is 2.17 bits per heavy atom. The van der Waals surface area contributed by atoms with Gasteiger partial charge in [0.2, 0.25) is 0 Å². The molecule has 0 aliphatic rings. The normalized spacial score (nSPS) is 11.7. The summed E-state index contributed by atoms with van der Waals surface area (Å²) in [6.07, 6.45) is 1.08. The molecule has 0 saturated carbocycles. The molecule has 0 heterocycles. The first-order valence-corrected chi connectivity index (χ1v) is 12.5. The molecule has 0 amide bonds. The monoisotopic (exact) mass is 370 g/mol. The van der Waals surface area contributed by atoms with Gasteiger partial charge in [-0.25, -0.2) is 0 Å². The summed E-state index contributed by atoms with van der Waals surface area (Å²) in [6.45, 7) is 2.17. The van der Waals surface area contributed by atoms with Crippen LogP contribution in [0.15, 0.2) is 24.3 Å². The van der Waals surface area contributed by atoms with E-state index in [-0.39, 0.29) is 0 Å². The first-order valence-electron chi connectivity index (χ1n) is 3.70. The van der Waals surface area contributed by atoms with Gasteiger partial charge in [-0.3, -0.25) is 0 Å². The molecule has 0 aliphatic carbocycles. The van der Waals surface area contributed by atoms with Crippen molar-refractivity contribution in [2.75, 3.05) is 0 Å². The minimum atomic E-state index is -1.66. The lowest BCUT2D eigenvalue weighted by atomic mass is 10.2. The molecule has 0 N–H and O–H groups in total. The average molecular weight is 373 g/mol. The van der Waals surface area contributed by atoms with Crippen LogP contribution in [0.2, 0.25) is 0 Å². The minimum Gasteiger partial charge on any atom is -0.0910 e. The lowest BCUT2D eigenvalue weighted by Gasteiger charge is -2.13. The molecular weight excluding hydrogens is 364 g/mol. The summed E-state index contributed by atoms with van der Waals surface area (Å²) in [7, 11) is 0. The molecule has 0 radical (unpaired) electrons. The van der Waals surface area contributed by atoms with E-state index in [1.807, 2.05) is 0 Å². The SMILES string of the molecule is CCc1ccccc1[Si](Br)(Br)Br. The molecule has 0 nitrogen and oxygen atoms in total. The Kier molecular flexibility index (Phi) is 4.01. The van der Waals surface area contributed by atoms with E-state index in [0.29, 0.717) is 0 Å². The summed E-state index contributed by atoms with van der Waals surface area (Å²) < 4.78 is -1.66. The van der Waals surface area contributed by atoms with Crippen molar-refractivity contribution in [1.29, 1.82) is 0 Å². The highest BCUT2D eigenvalue weighted by Crippen LogP contribution is 2.28. The van der Waals surface area contributed by atoms with Crippen LogP contribution in [0.5, 0.6) is 0 Å². The van der Waals surface area contributed by atoms with Crippen LogP contribution in [0.25, 0.3) is 0 Å².